The van der Waals surface area contributed by atoms with Crippen molar-refractivity contribution in [1.29, 1.82) is 0 Å². The van der Waals surface area contributed by atoms with E-state index in [0.717, 1.165) is 34.0 Å². The van der Waals surface area contributed by atoms with Gasteiger partial charge in [0.2, 0.25) is 0 Å². The van der Waals surface area contributed by atoms with Crippen molar-refractivity contribution in [2.75, 3.05) is 13.1 Å². The summed E-state index contributed by atoms with van der Waals surface area (Å²) in [6.45, 7) is 5.86. The van der Waals surface area contributed by atoms with Crippen molar-refractivity contribution in [3.8, 4) is 0 Å². The van der Waals surface area contributed by atoms with Crippen LogP contribution in [0.5, 0.6) is 0 Å². The van der Waals surface area contributed by atoms with E-state index in [4.69, 9.17) is 0 Å². The van der Waals surface area contributed by atoms with Crippen molar-refractivity contribution in [3.63, 3.8) is 0 Å². The Labute approximate surface area is 138 Å². The third kappa shape index (κ3) is 2.59. The molecule has 0 aliphatic carbocycles. The Balaban J connectivity index is 2.29. The second-order valence-corrected chi connectivity index (χ2v) is 5.88. The molecule has 3 aromatic rings. The van der Waals surface area contributed by atoms with Gasteiger partial charge in [-0.25, -0.2) is 0 Å². The Bertz CT molecular complexity index is 838. The van der Waals surface area contributed by atoms with Crippen LogP contribution in [0.1, 0.15) is 13.8 Å². The van der Waals surface area contributed by atoms with Gasteiger partial charge in [-0.15, -0.1) is 5.11 Å². The molecule has 0 unspecified atom stereocenters. The summed E-state index contributed by atoms with van der Waals surface area (Å²) < 4.78 is 0.998. The predicted molar refractivity (Wildman–Crippen MR) is 96.6 cm³/mol. The van der Waals surface area contributed by atoms with E-state index in [1.54, 1.807) is 0 Å². The summed E-state index contributed by atoms with van der Waals surface area (Å²) in [5.74, 6) is 0. The maximum Gasteiger partial charge on any atom is 0.110 e. The van der Waals surface area contributed by atoms with Gasteiger partial charge in [0.1, 0.15) is 5.69 Å². The molecule has 0 heterocycles. The summed E-state index contributed by atoms with van der Waals surface area (Å²) in [4.78, 5) is 0. The zero-order valence-electron chi connectivity index (χ0n) is 12.8. The third-order valence-corrected chi connectivity index (χ3v) is 4.65. The molecule has 0 amide bonds. The van der Waals surface area contributed by atoms with Gasteiger partial charge in [-0.3, -0.25) is 5.01 Å². The molecule has 0 fully saturated rings. The lowest BCUT2D eigenvalue weighted by Crippen LogP contribution is -2.14. The SMILES string of the molecule is CCN(CC)N=Nc1c(Br)c2ccccc2c2ccccc12. The summed E-state index contributed by atoms with van der Waals surface area (Å²) in [6.07, 6.45) is 0. The van der Waals surface area contributed by atoms with Crippen molar-refractivity contribution in [2.24, 2.45) is 10.3 Å². The maximum atomic E-state index is 4.53. The first-order chi connectivity index (χ1) is 10.8. The topological polar surface area (TPSA) is 28.0 Å². The van der Waals surface area contributed by atoms with E-state index in [0.29, 0.717) is 0 Å². The van der Waals surface area contributed by atoms with Crippen LogP contribution in [0.3, 0.4) is 0 Å². The molecule has 0 aliphatic heterocycles. The molecule has 3 nitrogen and oxygen atoms in total. The van der Waals surface area contributed by atoms with Gasteiger partial charge in [0.05, 0.1) is 4.47 Å². The molecule has 0 spiro atoms. The quantitative estimate of drug-likeness (QED) is 0.315. The van der Waals surface area contributed by atoms with Crippen LogP contribution in [0.2, 0.25) is 0 Å². The van der Waals surface area contributed by atoms with Crippen LogP contribution in [0.4, 0.5) is 5.69 Å². The lowest BCUT2D eigenvalue weighted by molar-refractivity contribution is 0.301. The molecule has 0 saturated heterocycles. The number of benzene rings is 3. The van der Waals surface area contributed by atoms with Crippen molar-refractivity contribution in [1.82, 2.24) is 5.01 Å². The van der Waals surface area contributed by atoms with Crippen molar-refractivity contribution >= 4 is 43.2 Å². The smallest absolute Gasteiger partial charge is 0.110 e. The van der Waals surface area contributed by atoms with E-state index >= 15 is 0 Å². The third-order valence-electron chi connectivity index (χ3n) is 3.85. The number of nitrogens with zero attached hydrogens (tertiary/aromatic N) is 3. The molecule has 0 N–H and O–H groups in total. The normalized spacial score (nSPS) is 11.6. The Morgan fingerprint density at radius 1 is 0.818 bits per heavy atom. The number of rotatable bonds is 4. The average Bonchev–Trinajstić information content (AvgIpc) is 2.58. The summed E-state index contributed by atoms with van der Waals surface area (Å²) >= 11 is 3.72. The summed E-state index contributed by atoms with van der Waals surface area (Å²) in [5.41, 5.74) is 0.890. The van der Waals surface area contributed by atoms with Gasteiger partial charge in [-0.2, -0.15) is 0 Å². The maximum absolute atomic E-state index is 4.53. The number of halogens is 1. The van der Waals surface area contributed by atoms with E-state index in [1.807, 2.05) is 17.1 Å². The second kappa shape index (κ2) is 6.44. The zero-order valence-corrected chi connectivity index (χ0v) is 14.3. The first-order valence-electron chi connectivity index (χ1n) is 7.51. The van der Waals surface area contributed by atoms with Gasteiger partial charge in [-0.1, -0.05) is 53.8 Å². The molecular formula is C18H18BrN3. The fourth-order valence-corrected chi connectivity index (χ4v) is 3.27. The molecule has 4 heteroatoms. The van der Waals surface area contributed by atoms with Crippen LogP contribution < -0.4 is 0 Å². The first-order valence-corrected chi connectivity index (χ1v) is 8.31. The summed E-state index contributed by atoms with van der Waals surface area (Å²) in [6, 6.07) is 16.7. The lowest BCUT2D eigenvalue weighted by atomic mass is 10.0. The Morgan fingerprint density at radius 2 is 1.32 bits per heavy atom. The minimum Gasteiger partial charge on any atom is -0.279 e. The number of hydrogen-bond donors (Lipinski definition) is 0. The molecule has 0 bridgehead atoms. The van der Waals surface area contributed by atoms with Crippen LogP contribution in [-0.4, -0.2) is 18.1 Å². The highest BCUT2D eigenvalue weighted by Gasteiger charge is 2.12. The molecule has 22 heavy (non-hydrogen) atoms. The summed E-state index contributed by atoms with van der Waals surface area (Å²) in [5, 5.41) is 15.6. The molecule has 0 radical (unpaired) electrons. The predicted octanol–water partition coefficient (Wildman–Crippen LogP) is 6.10. The van der Waals surface area contributed by atoms with Gasteiger partial charge in [0.15, 0.2) is 0 Å². The van der Waals surface area contributed by atoms with Crippen molar-refractivity contribution < 1.29 is 0 Å². The highest BCUT2D eigenvalue weighted by Crippen LogP contribution is 2.41. The fourth-order valence-electron chi connectivity index (χ4n) is 2.64. The molecule has 0 atom stereocenters. The Hall–Kier alpha value is -1.94. The minimum atomic E-state index is 0.850. The largest absolute Gasteiger partial charge is 0.279 e. The van der Waals surface area contributed by atoms with E-state index in [9.17, 15) is 0 Å². The standard InChI is InChI=1S/C18H18BrN3/c1-3-22(4-2)21-20-18-16-12-8-6-10-14(16)13-9-5-7-11-15(13)17(18)19/h5-12H,3-4H2,1-2H3. The fraction of sp³-hybridized carbons (Fsp3) is 0.222. The van der Waals surface area contributed by atoms with E-state index in [1.165, 1.54) is 10.8 Å². The highest BCUT2D eigenvalue weighted by molar-refractivity contribution is 9.10. The molecule has 0 saturated carbocycles. The van der Waals surface area contributed by atoms with Crippen LogP contribution in [0, 0.1) is 0 Å². The van der Waals surface area contributed by atoms with Gasteiger partial charge in [-0.05, 0) is 45.9 Å². The van der Waals surface area contributed by atoms with E-state index in [2.05, 4.69) is 76.5 Å². The lowest BCUT2D eigenvalue weighted by Gasteiger charge is -2.13. The second-order valence-electron chi connectivity index (χ2n) is 5.08. The number of fused-ring (bicyclic) bond motifs is 3. The molecule has 0 aromatic heterocycles. The van der Waals surface area contributed by atoms with Gasteiger partial charge >= 0.3 is 0 Å². The monoisotopic (exact) mass is 355 g/mol. The summed E-state index contributed by atoms with van der Waals surface area (Å²) in [7, 11) is 0. The van der Waals surface area contributed by atoms with Gasteiger partial charge in [0.25, 0.3) is 0 Å². The first kappa shape index (κ1) is 15.0. The van der Waals surface area contributed by atoms with Crippen molar-refractivity contribution in [2.45, 2.75) is 13.8 Å². The van der Waals surface area contributed by atoms with Crippen molar-refractivity contribution in [3.05, 3.63) is 53.0 Å². The van der Waals surface area contributed by atoms with Gasteiger partial charge in [0, 0.05) is 18.5 Å². The Kier molecular flexibility index (Phi) is 4.39. The number of hydrogen-bond acceptors (Lipinski definition) is 2. The van der Waals surface area contributed by atoms with E-state index < -0.39 is 0 Å². The van der Waals surface area contributed by atoms with E-state index in [-0.39, 0.29) is 0 Å². The average molecular weight is 356 g/mol. The molecular weight excluding hydrogens is 338 g/mol. The van der Waals surface area contributed by atoms with Gasteiger partial charge < -0.3 is 0 Å². The molecule has 0 aliphatic rings. The van der Waals surface area contributed by atoms with Crippen LogP contribution in [0.25, 0.3) is 21.5 Å². The Morgan fingerprint density at radius 3 is 1.91 bits per heavy atom. The zero-order chi connectivity index (χ0) is 15.5. The highest BCUT2D eigenvalue weighted by atomic mass is 79.9. The molecule has 3 aromatic carbocycles. The van der Waals surface area contributed by atoms with Crippen LogP contribution >= 0.6 is 15.9 Å². The van der Waals surface area contributed by atoms with Crippen LogP contribution in [-0.2, 0) is 0 Å². The molecule has 3 rings (SSSR count). The molecule has 112 valence electrons. The van der Waals surface area contributed by atoms with Crippen LogP contribution in [0.15, 0.2) is 63.3 Å². The minimum absolute atomic E-state index is 0.850.